The summed E-state index contributed by atoms with van der Waals surface area (Å²) >= 11 is 0. The molecule has 21 heavy (non-hydrogen) atoms. The van der Waals surface area contributed by atoms with E-state index in [0.717, 1.165) is 19.6 Å². The molecule has 2 N–H and O–H groups in total. The van der Waals surface area contributed by atoms with Crippen LogP contribution < -0.4 is 5.73 Å². The van der Waals surface area contributed by atoms with Crippen LogP contribution in [0, 0.1) is 5.41 Å². The van der Waals surface area contributed by atoms with Gasteiger partial charge in [-0.05, 0) is 46.3 Å². The smallest absolute Gasteiger partial charge is 0.0662 e. The van der Waals surface area contributed by atoms with Crippen LogP contribution in [-0.2, 0) is 4.74 Å². The Bertz CT molecular complexity index is 347. The molecule has 0 amide bonds. The SMILES string of the molecule is CCOC1CC(N)(CN2CCCN(C)CC2CC)C1(C)C. The zero-order valence-corrected chi connectivity index (χ0v) is 14.7. The van der Waals surface area contributed by atoms with Gasteiger partial charge in [0.15, 0.2) is 0 Å². The molecule has 1 aliphatic heterocycles. The first-order valence-corrected chi connectivity index (χ1v) is 8.67. The molecule has 3 unspecified atom stereocenters. The van der Waals surface area contributed by atoms with Crippen LogP contribution in [-0.4, -0.2) is 67.3 Å². The molecule has 0 spiro atoms. The van der Waals surface area contributed by atoms with Gasteiger partial charge in [-0.1, -0.05) is 20.8 Å². The maximum absolute atomic E-state index is 6.80. The van der Waals surface area contributed by atoms with E-state index in [1.165, 1.54) is 32.5 Å². The largest absolute Gasteiger partial charge is 0.378 e. The molecule has 2 aliphatic rings. The average molecular weight is 297 g/mol. The Morgan fingerprint density at radius 3 is 2.52 bits per heavy atom. The number of hydrogen-bond donors (Lipinski definition) is 1. The minimum Gasteiger partial charge on any atom is -0.378 e. The van der Waals surface area contributed by atoms with Crippen molar-refractivity contribution >= 4 is 0 Å². The summed E-state index contributed by atoms with van der Waals surface area (Å²) in [5, 5.41) is 0. The van der Waals surface area contributed by atoms with Gasteiger partial charge < -0.3 is 15.4 Å². The van der Waals surface area contributed by atoms with Crippen LogP contribution in [0.1, 0.15) is 47.0 Å². The van der Waals surface area contributed by atoms with E-state index in [1.54, 1.807) is 0 Å². The van der Waals surface area contributed by atoms with Crippen LogP contribution in [0.25, 0.3) is 0 Å². The van der Waals surface area contributed by atoms with Crippen LogP contribution in [0.2, 0.25) is 0 Å². The Balaban J connectivity index is 2.02. The Hall–Kier alpha value is -0.160. The monoisotopic (exact) mass is 297 g/mol. The van der Waals surface area contributed by atoms with Crippen molar-refractivity contribution in [3.8, 4) is 0 Å². The summed E-state index contributed by atoms with van der Waals surface area (Å²) in [6.07, 6.45) is 3.77. The molecule has 0 bridgehead atoms. The van der Waals surface area contributed by atoms with Gasteiger partial charge in [0.2, 0.25) is 0 Å². The fourth-order valence-electron chi connectivity index (χ4n) is 4.03. The van der Waals surface area contributed by atoms with Gasteiger partial charge >= 0.3 is 0 Å². The Morgan fingerprint density at radius 2 is 1.95 bits per heavy atom. The molecule has 0 aromatic heterocycles. The topological polar surface area (TPSA) is 41.7 Å². The molecule has 0 aromatic carbocycles. The predicted octanol–water partition coefficient (Wildman–Crippen LogP) is 1.94. The van der Waals surface area contributed by atoms with Gasteiger partial charge in [-0.2, -0.15) is 0 Å². The van der Waals surface area contributed by atoms with E-state index in [4.69, 9.17) is 10.5 Å². The van der Waals surface area contributed by atoms with Gasteiger partial charge in [-0.3, -0.25) is 4.90 Å². The van der Waals surface area contributed by atoms with E-state index in [0.29, 0.717) is 12.1 Å². The molecule has 1 aliphatic carbocycles. The van der Waals surface area contributed by atoms with E-state index in [1.807, 2.05) is 0 Å². The first-order chi connectivity index (χ1) is 9.84. The second kappa shape index (κ2) is 6.53. The van der Waals surface area contributed by atoms with Crippen molar-refractivity contribution in [2.45, 2.75) is 64.6 Å². The lowest BCUT2D eigenvalue weighted by Gasteiger charge is -2.60. The molecule has 2 fully saturated rings. The van der Waals surface area contributed by atoms with Crippen LogP contribution in [0.4, 0.5) is 0 Å². The highest BCUT2D eigenvalue weighted by atomic mass is 16.5. The van der Waals surface area contributed by atoms with E-state index < -0.39 is 0 Å². The van der Waals surface area contributed by atoms with Gasteiger partial charge in [-0.25, -0.2) is 0 Å². The zero-order valence-electron chi connectivity index (χ0n) is 14.7. The lowest BCUT2D eigenvalue weighted by molar-refractivity contribution is -0.158. The molecular formula is C17H35N3O. The predicted molar refractivity (Wildman–Crippen MR) is 88.5 cm³/mol. The lowest BCUT2D eigenvalue weighted by Crippen LogP contribution is -2.74. The molecule has 3 atom stereocenters. The van der Waals surface area contributed by atoms with E-state index in [-0.39, 0.29) is 11.0 Å². The zero-order chi connectivity index (χ0) is 15.7. The molecule has 2 rings (SSSR count). The van der Waals surface area contributed by atoms with Gasteiger partial charge in [0.05, 0.1) is 6.10 Å². The summed E-state index contributed by atoms with van der Waals surface area (Å²) < 4.78 is 5.87. The number of hydrogen-bond acceptors (Lipinski definition) is 4. The van der Waals surface area contributed by atoms with Gasteiger partial charge in [0.1, 0.15) is 0 Å². The number of rotatable bonds is 5. The molecule has 4 nitrogen and oxygen atoms in total. The van der Waals surface area contributed by atoms with Gasteiger partial charge in [0.25, 0.3) is 0 Å². The fraction of sp³-hybridized carbons (Fsp3) is 1.00. The maximum Gasteiger partial charge on any atom is 0.0662 e. The molecule has 1 heterocycles. The second-order valence-electron chi connectivity index (χ2n) is 7.67. The molecule has 4 heteroatoms. The van der Waals surface area contributed by atoms with Crippen LogP contribution in [0.3, 0.4) is 0 Å². The third-order valence-electron chi connectivity index (χ3n) is 5.99. The summed E-state index contributed by atoms with van der Waals surface area (Å²) in [4.78, 5) is 5.11. The van der Waals surface area contributed by atoms with Crippen LogP contribution in [0.15, 0.2) is 0 Å². The number of nitrogens with zero attached hydrogens (tertiary/aromatic N) is 2. The van der Waals surface area contributed by atoms with Crippen molar-refractivity contribution < 1.29 is 4.74 Å². The summed E-state index contributed by atoms with van der Waals surface area (Å²) in [5.74, 6) is 0. The highest BCUT2D eigenvalue weighted by molar-refractivity contribution is 5.15. The standard InChI is InChI=1S/C17H35N3O/c1-6-14-12-19(5)9-8-10-20(14)13-17(18)11-15(21-7-2)16(17,3)4/h14-15H,6-13,18H2,1-5H3. The van der Waals surface area contributed by atoms with Crippen LogP contribution in [0.5, 0.6) is 0 Å². The Kier molecular flexibility index (Phi) is 5.35. The van der Waals surface area contributed by atoms with Crippen molar-refractivity contribution in [1.82, 2.24) is 9.80 Å². The Morgan fingerprint density at radius 1 is 1.24 bits per heavy atom. The molecule has 1 saturated carbocycles. The molecule has 0 radical (unpaired) electrons. The van der Waals surface area contributed by atoms with E-state index >= 15 is 0 Å². The highest BCUT2D eigenvalue weighted by Gasteiger charge is 2.59. The first-order valence-electron chi connectivity index (χ1n) is 8.67. The van der Waals surface area contributed by atoms with Gasteiger partial charge in [0, 0.05) is 36.7 Å². The summed E-state index contributed by atoms with van der Waals surface area (Å²) in [5.41, 5.74) is 6.76. The van der Waals surface area contributed by atoms with Crippen LogP contribution >= 0.6 is 0 Å². The summed E-state index contributed by atoms with van der Waals surface area (Å²) in [7, 11) is 2.24. The minimum absolute atomic E-state index is 0.0690. The van der Waals surface area contributed by atoms with Crippen molar-refractivity contribution in [1.29, 1.82) is 0 Å². The average Bonchev–Trinajstić information content (AvgIpc) is 2.60. The van der Waals surface area contributed by atoms with E-state index in [2.05, 4.69) is 44.5 Å². The summed E-state index contributed by atoms with van der Waals surface area (Å²) in [6, 6.07) is 0.639. The third kappa shape index (κ3) is 3.29. The molecule has 1 saturated heterocycles. The normalized spacial score (nSPS) is 38.0. The quantitative estimate of drug-likeness (QED) is 0.842. The second-order valence-corrected chi connectivity index (χ2v) is 7.67. The van der Waals surface area contributed by atoms with E-state index in [9.17, 15) is 0 Å². The maximum atomic E-state index is 6.80. The highest BCUT2D eigenvalue weighted by Crippen LogP contribution is 2.50. The first kappa shape index (κ1) is 17.2. The minimum atomic E-state index is -0.108. The van der Waals surface area contributed by atoms with Crippen molar-refractivity contribution in [2.24, 2.45) is 11.1 Å². The fourth-order valence-corrected chi connectivity index (χ4v) is 4.03. The number of nitrogens with two attached hydrogens (primary N) is 1. The van der Waals surface area contributed by atoms with Crippen molar-refractivity contribution in [3.05, 3.63) is 0 Å². The molecule has 0 aromatic rings. The lowest BCUT2D eigenvalue weighted by atomic mass is 9.54. The Labute approximate surface area is 131 Å². The van der Waals surface area contributed by atoms with Crippen molar-refractivity contribution in [3.63, 3.8) is 0 Å². The number of ether oxygens (including phenoxy) is 1. The van der Waals surface area contributed by atoms with Crippen molar-refractivity contribution in [2.75, 3.05) is 39.8 Å². The molecular weight excluding hydrogens is 262 g/mol. The summed E-state index contributed by atoms with van der Waals surface area (Å²) in [6.45, 7) is 14.3. The molecule has 124 valence electrons. The third-order valence-corrected chi connectivity index (χ3v) is 5.99. The van der Waals surface area contributed by atoms with Gasteiger partial charge in [-0.15, -0.1) is 0 Å². The number of likely N-dealkylation sites (N-methyl/N-ethyl adjacent to an activating group) is 1.